The van der Waals surface area contributed by atoms with Crippen LogP contribution in [0.15, 0.2) is 82.4 Å². The van der Waals surface area contributed by atoms with E-state index >= 15 is 0 Å². The highest BCUT2D eigenvalue weighted by Crippen LogP contribution is 2.27. The Morgan fingerprint density at radius 2 is 1.77 bits per heavy atom. The first-order valence-corrected chi connectivity index (χ1v) is 12.6. The maximum atomic E-state index is 13.5. The average Bonchev–Trinajstić information content (AvgIpc) is 3.32. The van der Waals surface area contributed by atoms with Gasteiger partial charge in [0.25, 0.3) is 11.1 Å². The number of aromatic nitrogens is 1. The number of para-hydroxylation sites is 2. The molecular formula is C27H26FN3O3S. The Morgan fingerprint density at radius 1 is 1.03 bits per heavy atom. The van der Waals surface area contributed by atoms with Crippen LogP contribution in [-0.2, 0) is 10.5 Å². The first-order chi connectivity index (χ1) is 17.2. The molecule has 1 aliphatic heterocycles. The predicted octanol–water partition coefficient (Wildman–Crippen LogP) is 5.06. The van der Waals surface area contributed by atoms with Gasteiger partial charge in [-0.1, -0.05) is 54.2 Å². The van der Waals surface area contributed by atoms with E-state index in [0.717, 1.165) is 35.3 Å². The van der Waals surface area contributed by atoms with E-state index in [2.05, 4.69) is 15.2 Å². The molecule has 35 heavy (non-hydrogen) atoms. The quantitative estimate of drug-likeness (QED) is 0.348. The molecule has 3 aromatic carbocycles. The van der Waals surface area contributed by atoms with Crippen LogP contribution in [0.3, 0.4) is 0 Å². The number of nitrogens with one attached hydrogen (secondary N) is 1. The summed E-state index contributed by atoms with van der Waals surface area (Å²) >= 11 is 1.46. The highest BCUT2D eigenvalue weighted by molar-refractivity contribution is 7.98. The summed E-state index contributed by atoms with van der Waals surface area (Å²) in [7, 11) is 0. The first-order valence-electron chi connectivity index (χ1n) is 11.6. The van der Waals surface area contributed by atoms with Crippen molar-refractivity contribution in [1.29, 1.82) is 0 Å². The van der Waals surface area contributed by atoms with Crippen molar-refractivity contribution in [3.8, 4) is 0 Å². The fourth-order valence-corrected chi connectivity index (χ4v) is 5.08. The van der Waals surface area contributed by atoms with Gasteiger partial charge in [-0.15, -0.1) is 0 Å². The van der Waals surface area contributed by atoms with Crippen molar-refractivity contribution in [2.45, 2.75) is 17.0 Å². The van der Waals surface area contributed by atoms with Crippen molar-refractivity contribution in [3.05, 3.63) is 95.3 Å². The Morgan fingerprint density at radius 3 is 2.57 bits per heavy atom. The van der Waals surface area contributed by atoms with Gasteiger partial charge in [0.05, 0.1) is 19.3 Å². The molecule has 0 bridgehead atoms. The van der Waals surface area contributed by atoms with E-state index < -0.39 is 0 Å². The highest BCUT2D eigenvalue weighted by atomic mass is 32.2. The third-order valence-electron chi connectivity index (χ3n) is 6.08. The lowest BCUT2D eigenvalue weighted by molar-refractivity contribution is 0.0162. The average molecular weight is 492 g/mol. The van der Waals surface area contributed by atoms with Crippen LogP contribution in [0.5, 0.6) is 0 Å². The second kappa shape index (κ2) is 11.0. The fraction of sp³-hybridized carbons (Fsp3) is 0.259. The van der Waals surface area contributed by atoms with E-state index in [-0.39, 0.29) is 17.8 Å². The molecule has 5 rings (SSSR count). The lowest BCUT2D eigenvalue weighted by Crippen LogP contribution is -2.43. The van der Waals surface area contributed by atoms with Crippen LogP contribution in [0.2, 0.25) is 0 Å². The fourth-order valence-electron chi connectivity index (χ4n) is 4.24. The van der Waals surface area contributed by atoms with Gasteiger partial charge in [-0.3, -0.25) is 9.69 Å². The largest absolute Gasteiger partial charge is 0.431 e. The van der Waals surface area contributed by atoms with Gasteiger partial charge in [0.1, 0.15) is 11.3 Å². The topological polar surface area (TPSA) is 67.6 Å². The summed E-state index contributed by atoms with van der Waals surface area (Å²) in [6.45, 7) is 3.21. The van der Waals surface area contributed by atoms with Gasteiger partial charge in [-0.25, -0.2) is 9.37 Å². The van der Waals surface area contributed by atoms with Crippen LogP contribution < -0.4 is 5.32 Å². The Hall–Kier alpha value is -3.20. The molecule has 1 saturated heterocycles. The van der Waals surface area contributed by atoms with Crippen LogP contribution in [0.1, 0.15) is 27.5 Å². The summed E-state index contributed by atoms with van der Waals surface area (Å²) in [5.74, 6) is 0.143. The first kappa shape index (κ1) is 23.5. The molecule has 1 N–H and O–H groups in total. The number of hydrogen-bond donors (Lipinski definition) is 1. The number of morpholine rings is 1. The minimum Gasteiger partial charge on any atom is -0.431 e. The zero-order chi connectivity index (χ0) is 24.0. The molecule has 1 aliphatic rings. The zero-order valence-corrected chi connectivity index (χ0v) is 20.0. The van der Waals surface area contributed by atoms with Crippen molar-refractivity contribution in [2.75, 3.05) is 32.8 Å². The molecule has 8 heteroatoms. The monoisotopic (exact) mass is 491 g/mol. The van der Waals surface area contributed by atoms with Crippen LogP contribution in [0.25, 0.3) is 11.1 Å². The summed E-state index contributed by atoms with van der Waals surface area (Å²) in [5.41, 5.74) is 4.05. The van der Waals surface area contributed by atoms with E-state index in [4.69, 9.17) is 9.15 Å². The summed E-state index contributed by atoms with van der Waals surface area (Å²) in [6.07, 6.45) is 0. The van der Waals surface area contributed by atoms with E-state index in [0.29, 0.717) is 36.3 Å². The number of ether oxygens (including phenoxy) is 1. The Bertz CT molecular complexity index is 1260. The number of rotatable bonds is 8. The van der Waals surface area contributed by atoms with Gasteiger partial charge in [0.2, 0.25) is 0 Å². The van der Waals surface area contributed by atoms with Crippen molar-refractivity contribution < 1.29 is 18.3 Å². The standard InChI is InChI=1S/C27H26FN3O3S/c28-21-11-9-19(10-12-21)24(31-13-15-33-16-14-31)17-29-26(32)22-6-2-1-5-20(22)18-35-27-30-23-7-3-4-8-25(23)34-27/h1-12,24H,13-18H2,(H,29,32). The molecule has 1 unspecified atom stereocenters. The molecule has 0 saturated carbocycles. The van der Waals surface area contributed by atoms with Crippen molar-refractivity contribution >= 4 is 28.8 Å². The molecule has 1 aromatic heterocycles. The smallest absolute Gasteiger partial charge is 0.257 e. The molecule has 4 aromatic rings. The number of benzene rings is 3. The number of fused-ring (bicyclic) bond motifs is 1. The number of carbonyl (C=O) groups excluding carboxylic acids is 1. The normalized spacial score (nSPS) is 15.2. The molecule has 180 valence electrons. The second-order valence-electron chi connectivity index (χ2n) is 8.32. The summed E-state index contributed by atoms with van der Waals surface area (Å²) in [6, 6.07) is 21.6. The number of oxazole rings is 1. The molecule has 0 radical (unpaired) electrons. The SMILES string of the molecule is O=C(NCC(c1ccc(F)cc1)N1CCOCC1)c1ccccc1CSc1nc2ccccc2o1. The maximum absolute atomic E-state index is 13.5. The molecule has 0 aliphatic carbocycles. The maximum Gasteiger partial charge on any atom is 0.257 e. The zero-order valence-electron chi connectivity index (χ0n) is 19.2. The van der Waals surface area contributed by atoms with E-state index in [1.807, 2.05) is 48.5 Å². The summed E-state index contributed by atoms with van der Waals surface area (Å²) in [4.78, 5) is 20.0. The molecular weight excluding hydrogens is 465 g/mol. The molecule has 2 heterocycles. The minimum atomic E-state index is -0.274. The van der Waals surface area contributed by atoms with Crippen LogP contribution in [-0.4, -0.2) is 48.6 Å². The van der Waals surface area contributed by atoms with Gasteiger partial charge in [-0.05, 0) is 41.5 Å². The number of amides is 1. The third-order valence-corrected chi connectivity index (χ3v) is 6.96. The lowest BCUT2D eigenvalue weighted by Gasteiger charge is -2.35. The van der Waals surface area contributed by atoms with Gasteiger partial charge in [-0.2, -0.15) is 0 Å². The molecule has 1 fully saturated rings. The van der Waals surface area contributed by atoms with Gasteiger partial charge in [0.15, 0.2) is 5.58 Å². The number of halogens is 1. The Kier molecular flexibility index (Phi) is 7.42. The van der Waals surface area contributed by atoms with Crippen LogP contribution >= 0.6 is 11.8 Å². The van der Waals surface area contributed by atoms with Gasteiger partial charge >= 0.3 is 0 Å². The van der Waals surface area contributed by atoms with Crippen LogP contribution in [0, 0.1) is 5.82 Å². The predicted molar refractivity (Wildman–Crippen MR) is 134 cm³/mol. The van der Waals surface area contributed by atoms with E-state index in [1.54, 1.807) is 12.1 Å². The number of hydrogen-bond acceptors (Lipinski definition) is 6. The number of thioether (sulfide) groups is 1. The van der Waals surface area contributed by atoms with Gasteiger partial charge < -0.3 is 14.5 Å². The molecule has 1 atom stereocenters. The number of carbonyl (C=O) groups is 1. The van der Waals surface area contributed by atoms with E-state index in [9.17, 15) is 9.18 Å². The third kappa shape index (κ3) is 5.73. The van der Waals surface area contributed by atoms with Crippen molar-refractivity contribution in [3.63, 3.8) is 0 Å². The van der Waals surface area contributed by atoms with Crippen LogP contribution in [0.4, 0.5) is 4.39 Å². The second-order valence-corrected chi connectivity index (χ2v) is 9.25. The number of nitrogens with zero attached hydrogens (tertiary/aromatic N) is 2. The Balaban J connectivity index is 1.28. The van der Waals surface area contributed by atoms with Gasteiger partial charge in [0, 0.05) is 31.0 Å². The van der Waals surface area contributed by atoms with Crippen molar-refractivity contribution in [2.24, 2.45) is 0 Å². The lowest BCUT2D eigenvalue weighted by atomic mass is 10.0. The molecule has 6 nitrogen and oxygen atoms in total. The summed E-state index contributed by atoms with van der Waals surface area (Å²) in [5, 5.41) is 3.68. The highest BCUT2D eigenvalue weighted by Gasteiger charge is 2.24. The Labute approximate surface area is 207 Å². The minimum absolute atomic E-state index is 0.0651. The molecule has 0 spiro atoms. The van der Waals surface area contributed by atoms with E-state index in [1.165, 1.54) is 23.9 Å². The van der Waals surface area contributed by atoms with Crippen molar-refractivity contribution in [1.82, 2.24) is 15.2 Å². The molecule has 1 amide bonds. The summed E-state index contributed by atoms with van der Waals surface area (Å²) < 4.78 is 24.8.